The summed E-state index contributed by atoms with van der Waals surface area (Å²) >= 11 is 0. The predicted octanol–water partition coefficient (Wildman–Crippen LogP) is 1.59. The monoisotopic (exact) mass is 281 g/mol. The Labute approximate surface area is 116 Å². The molecule has 1 aromatic carbocycles. The van der Waals surface area contributed by atoms with Gasteiger partial charge in [0.2, 0.25) is 5.91 Å². The maximum absolute atomic E-state index is 13.0. The minimum atomic E-state index is -1.15. The number of halogens is 1. The van der Waals surface area contributed by atoms with E-state index in [1.807, 2.05) is 0 Å². The summed E-state index contributed by atoms with van der Waals surface area (Å²) in [5, 5.41) is 9.27. The van der Waals surface area contributed by atoms with Gasteiger partial charge in [-0.05, 0) is 31.5 Å². The summed E-state index contributed by atoms with van der Waals surface area (Å²) in [5.74, 6) is -1.83. The molecule has 1 aliphatic heterocycles. The second-order valence-corrected chi connectivity index (χ2v) is 4.96. The van der Waals surface area contributed by atoms with E-state index >= 15 is 0 Å². The van der Waals surface area contributed by atoms with E-state index in [4.69, 9.17) is 4.74 Å². The van der Waals surface area contributed by atoms with Gasteiger partial charge >= 0.3 is 5.97 Å². The van der Waals surface area contributed by atoms with Crippen LogP contribution >= 0.6 is 0 Å². The van der Waals surface area contributed by atoms with Crippen LogP contribution in [0.2, 0.25) is 0 Å². The Morgan fingerprint density at radius 1 is 1.40 bits per heavy atom. The van der Waals surface area contributed by atoms with Gasteiger partial charge in [0.25, 0.3) is 0 Å². The molecule has 1 saturated heterocycles. The largest absolute Gasteiger partial charge is 0.479 e. The van der Waals surface area contributed by atoms with Gasteiger partial charge in [-0.1, -0.05) is 12.1 Å². The fraction of sp³-hybridized carbons (Fsp3) is 0.429. The van der Waals surface area contributed by atoms with Crippen LogP contribution in [0, 0.1) is 5.82 Å². The molecule has 0 aliphatic carbocycles. The van der Waals surface area contributed by atoms with Crippen LogP contribution in [0.1, 0.15) is 25.5 Å². The van der Waals surface area contributed by atoms with E-state index in [0.717, 1.165) is 0 Å². The number of carboxylic acid groups (broad SMARTS) is 1. The lowest BCUT2D eigenvalue weighted by Gasteiger charge is -2.41. The van der Waals surface area contributed by atoms with Crippen LogP contribution in [0.15, 0.2) is 24.3 Å². The second-order valence-electron chi connectivity index (χ2n) is 4.96. The molecule has 5 nitrogen and oxygen atoms in total. The number of rotatable bonds is 3. The molecule has 1 aromatic rings. The molecular formula is C14H16FNO4. The van der Waals surface area contributed by atoms with Gasteiger partial charge in [-0.25, -0.2) is 9.18 Å². The van der Waals surface area contributed by atoms with Crippen molar-refractivity contribution < 1.29 is 23.8 Å². The number of hydrogen-bond donors (Lipinski definition) is 1. The molecule has 2 rings (SSSR count). The number of amides is 1. The lowest BCUT2D eigenvalue weighted by Crippen LogP contribution is -2.54. The summed E-state index contributed by atoms with van der Waals surface area (Å²) in [4.78, 5) is 24.8. The van der Waals surface area contributed by atoms with E-state index < -0.39 is 23.9 Å². The average molecular weight is 281 g/mol. The van der Waals surface area contributed by atoms with E-state index in [2.05, 4.69) is 0 Å². The summed E-state index contributed by atoms with van der Waals surface area (Å²) in [6.45, 7) is 3.35. The number of carbonyl (C=O) groups excluding carboxylic acids is 1. The SMILES string of the molecule is CC(C)N1C(=O)COC(C(=O)O)C1c1ccc(F)cc1. The molecule has 1 fully saturated rings. The standard InChI is InChI=1S/C14H16FNO4/c1-8(2)16-11(17)7-20-13(14(18)19)12(16)9-3-5-10(15)6-4-9/h3-6,8,12-13H,7H2,1-2H3,(H,18,19). The van der Waals surface area contributed by atoms with Gasteiger partial charge in [0.15, 0.2) is 6.10 Å². The summed E-state index contributed by atoms with van der Waals surface area (Å²) in [6, 6.07) is 4.51. The molecule has 0 radical (unpaired) electrons. The van der Waals surface area contributed by atoms with Crippen molar-refractivity contribution in [3.8, 4) is 0 Å². The third-order valence-electron chi connectivity index (χ3n) is 3.27. The fourth-order valence-corrected chi connectivity index (χ4v) is 2.44. The van der Waals surface area contributed by atoms with Gasteiger partial charge in [-0.3, -0.25) is 4.79 Å². The lowest BCUT2D eigenvalue weighted by molar-refractivity contribution is -0.175. The minimum Gasteiger partial charge on any atom is -0.479 e. The quantitative estimate of drug-likeness (QED) is 0.913. The van der Waals surface area contributed by atoms with Crippen molar-refractivity contribution >= 4 is 11.9 Å². The first kappa shape index (κ1) is 14.5. The van der Waals surface area contributed by atoms with Crippen LogP contribution in [0.5, 0.6) is 0 Å². The predicted molar refractivity (Wildman–Crippen MR) is 68.5 cm³/mol. The number of ether oxygens (including phenoxy) is 1. The number of hydrogen-bond acceptors (Lipinski definition) is 3. The number of carboxylic acids is 1. The van der Waals surface area contributed by atoms with Crippen LogP contribution in [-0.4, -0.2) is 40.6 Å². The maximum Gasteiger partial charge on any atom is 0.335 e. The molecule has 0 bridgehead atoms. The van der Waals surface area contributed by atoms with Crippen molar-refractivity contribution in [1.82, 2.24) is 4.90 Å². The molecule has 1 heterocycles. The fourth-order valence-electron chi connectivity index (χ4n) is 2.44. The third-order valence-corrected chi connectivity index (χ3v) is 3.27. The summed E-state index contributed by atoms with van der Waals surface area (Å²) in [7, 11) is 0. The molecule has 0 spiro atoms. The van der Waals surface area contributed by atoms with Crippen LogP contribution in [0.25, 0.3) is 0 Å². The Kier molecular flexibility index (Phi) is 4.04. The normalized spacial score (nSPS) is 23.2. The van der Waals surface area contributed by atoms with Crippen molar-refractivity contribution in [3.05, 3.63) is 35.6 Å². The number of nitrogens with zero attached hydrogens (tertiary/aromatic N) is 1. The highest BCUT2D eigenvalue weighted by molar-refractivity contribution is 5.83. The Hall–Kier alpha value is -1.95. The van der Waals surface area contributed by atoms with Gasteiger partial charge in [0, 0.05) is 6.04 Å². The van der Waals surface area contributed by atoms with Crippen molar-refractivity contribution in [1.29, 1.82) is 0 Å². The zero-order valence-corrected chi connectivity index (χ0v) is 11.2. The number of morpholine rings is 1. The zero-order chi connectivity index (χ0) is 14.9. The first-order valence-electron chi connectivity index (χ1n) is 6.33. The van der Waals surface area contributed by atoms with Crippen LogP contribution in [-0.2, 0) is 14.3 Å². The van der Waals surface area contributed by atoms with E-state index in [1.165, 1.54) is 29.2 Å². The first-order chi connectivity index (χ1) is 9.41. The number of benzene rings is 1. The van der Waals surface area contributed by atoms with Crippen molar-refractivity contribution in [3.63, 3.8) is 0 Å². The zero-order valence-electron chi connectivity index (χ0n) is 11.2. The molecule has 20 heavy (non-hydrogen) atoms. The van der Waals surface area contributed by atoms with Gasteiger partial charge in [-0.2, -0.15) is 0 Å². The lowest BCUT2D eigenvalue weighted by atomic mass is 9.96. The van der Waals surface area contributed by atoms with Gasteiger partial charge in [-0.15, -0.1) is 0 Å². The van der Waals surface area contributed by atoms with Crippen molar-refractivity contribution in [2.24, 2.45) is 0 Å². The number of carbonyl (C=O) groups is 2. The van der Waals surface area contributed by atoms with Gasteiger partial charge in [0.1, 0.15) is 12.4 Å². The Balaban J connectivity index is 2.45. The van der Waals surface area contributed by atoms with Gasteiger partial charge < -0.3 is 14.7 Å². The second kappa shape index (κ2) is 5.58. The molecule has 1 N–H and O–H groups in total. The van der Waals surface area contributed by atoms with E-state index in [-0.39, 0.29) is 18.6 Å². The van der Waals surface area contributed by atoms with E-state index in [0.29, 0.717) is 5.56 Å². The highest BCUT2D eigenvalue weighted by atomic mass is 19.1. The highest BCUT2D eigenvalue weighted by Crippen LogP contribution is 2.32. The minimum absolute atomic E-state index is 0.177. The molecule has 1 aliphatic rings. The summed E-state index contributed by atoms with van der Waals surface area (Å²) in [5.41, 5.74) is 0.542. The van der Waals surface area contributed by atoms with E-state index in [1.54, 1.807) is 13.8 Å². The Morgan fingerprint density at radius 3 is 2.50 bits per heavy atom. The Bertz CT molecular complexity index is 514. The van der Waals surface area contributed by atoms with Crippen molar-refractivity contribution in [2.45, 2.75) is 32.0 Å². The van der Waals surface area contributed by atoms with E-state index in [9.17, 15) is 19.1 Å². The summed E-state index contributed by atoms with van der Waals surface area (Å²) in [6.07, 6.45) is -1.15. The molecule has 108 valence electrons. The molecule has 0 aromatic heterocycles. The maximum atomic E-state index is 13.0. The summed E-state index contributed by atoms with van der Waals surface area (Å²) < 4.78 is 18.2. The average Bonchev–Trinajstić information content (AvgIpc) is 2.38. The highest BCUT2D eigenvalue weighted by Gasteiger charge is 2.42. The smallest absolute Gasteiger partial charge is 0.335 e. The molecule has 1 amide bonds. The van der Waals surface area contributed by atoms with Crippen LogP contribution in [0.3, 0.4) is 0 Å². The molecule has 0 saturated carbocycles. The molecule has 2 atom stereocenters. The molecule has 6 heteroatoms. The first-order valence-corrected chi connectivity index (χ1v) is 6.33. The number of aliphatic carboxylic acids is 1. The molecule has 2 unspecified atom stereocenters. The van der Waals surface area contributed by atoms with Crippen LogP contribution in [0.4, 0.5) is 4.39 Å². The molecular weight excluding hydrogens is 265 g/mol. The topological polar surface area (TPSA) is 66.8 Å². The van der Waals surface area contributed by atoms with Gasteiger partial charge in [0.05, 0.1) is 6.04 Å². The Morgan fingerprint density at radius 2 is 2.00 bits per heavy atom. The van der Waals surface area contributed by atoms with Crippen LogP contribution < -0.4 is 0 Å². The third kappa shape index (κ3) is 2.65. The van der Waals surface area contributed by atoms with Crippen molar-refractivity contribution in [2.75, 3.05) is 6.61 Å².